The van der Waals surface area contributed by atoms with Crippen LogP contribution in [-0.2, 0) is 11.3 Å². The summed E-state index contributed by atoms with van der Waals surface area (Å²) in [6.45, 7) is 0.316. The van der Waals surface area contributed by atoms with E-state index in [0.717, 1.165) is 0 Å². The summed E-state index contributed by atoms with van der Waals surface area (Å²) in [5.41, 5.74) is 0.625. The van der Waals surface area contributed by atoms with Crippen molar-refractivity contribution in [3.05, 3.63) is 23.8 Å². The highest BCUT2D eigenvalue weighted by atomic mass is 16.6. The Hall–Kier alpha value is -1.26. The topological polar surface area (TPSA) is 75.7 Å². The molecule has 1 rings (SSSR count). The Bertz CT molecular complexity index is 262. The van der Waals surface area contributed by atoms with Crippen molar-refractivity contribution in [2.24, 2.45) is 5.90 Å². The van der Waals surface area contributed by atoms with Crippen LogP contribution in [0.3, 0.4) is 0 Å². The summed E-state index contributed by atoms with van der Waals surface area (Å²) in [7, 11) is 0. The summed E-state index contributed by atoms with van der Waals surface area (Å²) in [5, 5.41) is 18.3. The quantitative estimate of drug-likeness (QED) is 0.455. The lowest BCUT2D eigenvalue weighted by Gasteiger charge is -2.03. The largest absolute Gasteiger partial charge is 0.508 e. The molecule has 0 atom stereocenters. The molecule has 0 aliphatic heterocycles. The number of rotatable bonds is 3. The van der Waals surface area contributed by atoms with Gasteiger partial charge in [-0.15, -0.1) is 0 Å². The third-order valence-corrected chi connectivity index (χ3v) is 1.55. The van der Waals surface area contributed by atoms with Gasteiger partial charge in [-0.3, -0.25) is 0 Å². The fraction of sp³-hybridized carbons (Fsp3) is 0.250. The highest BCUT2D eigenvalue weighted by molar-refractivity contribution is 5.38. The number of phenolic OH excluding ortho intramolecular Hbond substituents is 2. The van der Waals surface area contributed by atoms with Crippen molar-refractivity contribution in [3.8, 4) is 11.5 Å². The summed E-state index contributed by atoms with van der Waals surface area (Å²) < 4.78 is 0. The van der Waals surface area contributed by atoms with E-state index in [0.29, 0.717) is 18.6 Å². The normalized spacial score (nSPS) is 10.1. The van der Waals surface area contributed by atoms with Gasteiger partial charge in [-0.1, -0.05) is 0 Å². The van der Waals surface area contributed by atoms with E-state index in [2.05, 4.69) is 4.84 Å². The lowest BCUT2D eigenvalue weighted by Crippen LogP contribution is -2.03. The molecule has 66 valence electrons. The van der Waals surface area contributed by atoms with Gasteiger partial charge in [0.15, 0.2) is 0 Å². The van der Waals surface area contributed by atoms with Gasteiger partial charge in [0.05, 0.1) is 6.61 Å². The number of phenols is 2. The summed E-state index contributed by atoms with van der Waals surface area (Å²) in [4.78, 5) is 4.35. The first-order chi connectivity index (χ1) is 5.74. The minimum Gasteiger partial charge on any atom is -0.508 e. The summed E-state index contributed by atoms with van der Waals surface area (Å²) >= 11 is 0. The van der Waals surface area contributed by atoms with Crippen molar-refractivity contribution in [2.45, 2.75) is 6.42 Å². The smallest absolute Gasteiger partial charge is 0.119 e. The van der Waals surface area contributed by atoms with Crippen LogP contribution in [0.4, 0.5) is 0 Å². The van der Waals surface area contributed by atoms with E-state index in [1.54, 1.807) is 0 Å². The Balaban J connectivity index is 2.75. The molecule has 0 bridgehead atoms. The summed E-state index contributed by atoms with van der Waals surface area (Å²) in [6.07, 6.45) is 0.483. The molecule has 0 saturated carbocycles. The predicted octanol–water partition coefficient (Wildman–Crippen LogP) is 0.531. The zero-order valence-electron chi connectivity index (χ0n) is 6.53. The maximum absolute atomic E-state index is 9.25. The molecule has 0 spiro atoms. The standard InChI is InChI=1S/C8H11NO3/c9-12-4-3-6-5-7(10)1-2-8(6)11/h1-2,5,10-11H,3-4,9H2. The fourth-order valence-corrected chi connectivity index (χ4v) is 0.941. The van der Waals surface area contributed by atoms with Gasteiger partial charge in [0.25, 0.3) is 0 Å². The van der Waals surface area contributed by atoms with Gasteiger partial charge in [-0.25, -0.2) is 5.90 Å². The molecule has 0 heterocycles. The highest BCUT2D eigenvalue weighted by Crippen LogP contribution is 2.22. The first kappa shape index (κ1) is 8.83. The van der Waals surface area contributed by atoms with Crippen LogP contribution in [0.15, 0.2) is 18.2 Å². The molecule has 4 N–H and O–H groups in total. The zero-order chi connectivity index (χ0) is 8.97. The average molecular weight is 169 g/mol. The Morgan fingerprint density at radius 3 is 2.75 bits per heavy atom. The molecular formula is C8H11NO3. The van der Waals surface area contributed by atoms with Crippen molar-refractivity contribution in [1.29, 1.82) is 0 Å². The number of hydrogen-bond donors (Lipinski definition) is 3. The van der Waals surface area contributed by atoms with Crippen LogP contribution < -0.4 is 5.90 Å². The molecule has 4 heteroatoms. The second-order valence-electron chi connectivity index (χ2n) is 2.43. The molecule has 0 aromatic heterocycles. The van der Waals surface area contributed by atoms with Crippen LogP contribution in [0, 0.1) is 0 Å². The second kappa shape index (κ2) is 3.94. The monoisotopic (exact) mass is 169 g/mol. The van der Waals surface area contributed by atoms with Crippen molar-refractivity contribution in [1.82, 2.24) is 0 Å². The van der Waals surface area contributed by atoms with E-state index < -0.39 is 0 Å². The van der Waals surface area contributed by atoms with E-state index in [-0.39, 0.29) is 11.5 Å². The Morgan fingerprint density at radius 1 is 1.33 bits per heavy atom. The molecule has 1 aromatic rings. The van der Waals surface area contributed by atoms with E-state index in [9.17, 15) is 5.11 Å². The third-order valence-electron chi connectivity index (χ3n) is 1.55. The fourth-order valence-electron chi connectivity index (χ4n) is 0.941. The van der Waals surface area contributed by atoms with E-state index >= 15 is 0 Å². The molecule has 0 saturated heterocycles. The third kappa shape index (κ3) is 2.11. The van der Waals surface area contributed by atoms with Crippen LogP contribution in [0.5, 0.6) is 11.5 Å². The number of nitrogens with two attached hydrogens (primary N) is 1. The van der Waals surface area contributed by atoms with Crippen LogP contribution in [0.2, 0.25) is 0 Å². The van der Waals surface area contributed by atoms with Gasteiger partial charge in [-0.05, 0) is 23.8 Å². The summed E-state index contributed by atoms with van der Waals surface area (Å²) in [6, 6.07) is 4.33. The van der Waals surface area contributed by atoms with Crippen LogP contribution in [-0.4, -0.2) is 16.8 Å². The van der Waals surface area contributed by atoms with Crippen molar-refractivity contribution >= 4 is 0 Å². The molecular weight excluding hydrogens is 158 g/mol. The molecule has 0 amide bonds. The van der Waals surface area contributed by atoms with Gasteiger partial charge in [0, 0.05) is 6.42 Å². The lowest BCUT2D eigenvalue weighted by atomic mass is 10.1. The Kier molecular flexibility index (Phi) is 2.90. The van der Waals surface area contributed by atoms with Crippen LogP contribution in [0.1, 0.15) is 5.56 Å². The molecule has 0 aliphatic carbocycles. The van der Waals surface area contributed by atoms with Gasteiger partial charge < -0.3 is 15.1 Å². The van der Waals surface area contributed by atoms with Gasteiger partial charge in [0.2, 0.25) is 0 Å². The van der Waals surface area contributed by atoms with Gasteiger partial charge in [0.1, 0.15) is 11.5 Å². The molecule has 0 unspecified atom stereocenters. The molecule has 12 heavy (non-hydrogen) atoms. The Morgan fingerprint density at radius 2 is 2.08 bits per heavy atom. The molecule has 0 radical (unpaired) electrons. The maximum atomic E-state index is 9.25. The Labute approximate surface area is 70.2 Å². The number of hydrogen-bond acceptors (Lipinski definition) is 4. The molecule has 0 aliphatic rings. The molecule has 0 fully saturated rings. The van der Waals surface area contributed by atoms with Crippen molar-refractivity contribution in [2.75, 3.05) is 6.61 Å². The molecule has 4 nitrogen and oxygen atoms in total. The SMILES string of the molecule is NOCCc1cc(O)ccc1O. The maximum Gasteiger partial charge on any atom is 0.119 e. The molecule has 1 aromatic carbocycles. The minimum atomic E-state index is 0.125. The van der Waals surface area contributed by atoms with Crippen LogP contribution >= 0.6 is 0 Å². The van der Waals surface area contributed by atoms with Crippen LogP contribution in [0.25, 0.3) is 0 Å². The second-order valence-corrected chi connectivity index (χ2v) is 2.43. The van der Waals surface area contributed by atoms with Gasteiger partial charge in [-0.2, -0.15) is 0 Å². The number of aromatic hydroxyl groups is 2. The van der Waals surface area contributed by atoms with E-state index in [4.69, 9.17) is 11.0 Å². The first-order valence-electron chi connectivity index (χ1n) is 3.56. The zero-order valence-corrected chi connectivity index (χ0v) is 6.53. The summed E-state index contributed by atoms with van der Waals surface area (Å²) in [5.74, 6) is 5.09. The predicted molar refractivity (Wildman–Crippen MR) is 43.6 cm³/mol. The van der Waals surface area contributed by atoms with E-state index in [1.165, 1.54) is 18.2 Å². The van der Waals surface area contributed by atoms with Crippen molar-refractivity contribution < 1.29 is 15.1 Å². The highest BCUT2D eigenvalue weighted by Gasteiger charge is 2.01. The van der Waals surface area contributed by atoms with Crippen molar-refractivity contribution in [3.63, 3.8) is 0 Å². The lowest BCUT2D eigenvalue weighted by molar-refractivity contribution is 0.140. The minimum absolute atomic E-state index is 0.125. The van der Waals surface area contributed by atoms with Gasteiger partial charge >= 0.3 is 0 Å². The van der Waals surface area contributed by atoms with E-state index in [1.807, 2.05) is 0 Å². The first-order valence-corrected chi connectivity index (χ1v) is 3.56. The number of benzene rings is 1. The average Bonchev–Trinajstić information content (AvgIpc) is 2.07.